The maximum atomic E-state index is 13.0. The van der Waals surface area contributed by atoms with Crippen LogP contribution in [0.5, 0.6) is 5.75 Å². The number of anilines is 1. The number of nitrogens with one attached hydrogen (secondary N) is 2. The molecule has 0 aliphatic carbocycles. The van der Waals surface area contributed by atoms with Gasteiger partial charge in [-0.1, -0.05) is 23.7 Å². The molecule has 8 nitrogen and oxygen atoms in total. The van der Waals surface area contributed by atoms with Crippen molar-refractivity contribution in [2.45, 2.75) is 31.4 Å². The van der Waals surface area contributed by atoms with Crippen LogP contribution in [0.25, 0.3) is 0 Å². The Morgan fingerprint density at radius 1 is 1.16 bits per heavy atom. The molecule has 32 heavy (non-hydrogen) atoms. The summed E-state index contributed by atoms with van der Waals surface area (Å²) in [6.07, 6.45) is -0.115. The van der Waals surface area contributed by atoms with Gasteiger partial charge in [0, 0.05) is 24.7 Å². The Hall–Kier alpha value is -2.33. The second-order valence-corrected chi connectivity index (χ2v) is 9.97. The third kappa shape index (κ3) is 6.59. The van der Waals surface area contributed by atoms with Gasteiger partial charge in [0.1, 0.15) is 5.75 Å². The Morgan fingerprint density at radius 3 is 2.50 bits per heavy atom. The molecule has 0 saturated carbocycles. The summed E-state index contributed by atoms with van der Waals surface area (Å²) in [5, 5.41) is 6.46. The number of sulfonamides is 1. The predicted molar refractivity (Wildman–Crippen MR) is 124 cm³/mol. The fourth-order valence-corrected chi connectivity index (χ4v) is 4.70. The van der Waals surface area contributed by atoms with Gasteiger partial charge in [-0.2, -0.15) is 4.31 Å². The zero-order chi connectivity index (χ0) is 23.1. The van der Waals surface area contributed by atoms with Crippen LogP contribution in [0.3, 0.4) is 0 Å². The minimum Gasteiger partial charge on any atom is -0.489 e. The Kier molecular flexibility index (Phi) is 8.36. The number of carbonyl (C=O) groups excluding carboxylic acids is 1. The van der Waals surface area contributed by atoms with E-state index in [2.05, 4.69) is 10.6 Å². The highest BCUT2D eigenvalue weighted by molar-refractivity contribution is 7.89. The number of amides is 1. The van der Waals surface area contributed by atoms with Crippen molar-refractivity contribution in [3.05, 3.63) is 53.1 Å². The van der Waals surface area contributed by atoms with E-state index in [9.17, 15) is 13.2 Å². The Bertz CT molecular complexity index is 1020. The molecule has 174 valence electrons. The fourth-order valence-electron chi connectivity index (χ4n) is 3.14. The van der Waals surface area contributed by atoms with Gasteiger partial charge in [-0.25, -0.2) is 8.42 Å². The van der Waals surface area contributed by atoms with Crippen LogP contribution in [0, 0.1) is 0 Å². The van der Waals surface area contributed by atoms with Gasteiger partial charge in [0.2, 0.25) is 15.9 Å². The van der Waals surface area contributed by atoms with Crippen LogP contribution in [-0.4, -0.2) is 57.6 Å². The summed E-state index contributed by atoms with van der Waals surface area (Å²) in [6, 6.07) is 11.8. The average Bonchev–Trinajstić information content (AvgIpc) is 2.78. The van der Waals surface area contributed by atoms with Crippen LogP contribution < -0.4 is 15.4 Å². The van der Waals surface area contributed by atoms with Gasteiger partial charge in [-0.3, -0.25) is 4.79 Å². The molecule has 2 aromatic carbocycles. The largest absolute Gasteiger partial charge is 0.489 e. The molecule has 3 rings (SSSR count). The molecule has 2 aromatic rings. The van der Waals surface area contributed by atoms with Crippen molar-refractivity contribution in [2.75, 3.05) is 38.2 Å². The van der Waals surface area contributed by atoms with Crippen LogP contribution in [0.2, 0.25) is 5.02 Å². The lowest BCUT2D eigenvalue weighted by Gasteiger charge is -2.26. The number of hydrogen-bond acceptors (Lipinski definition) is 6. The quantitative estimate of drug-likeness (QED) is 0.571. The van der Waals surface area contributed by atoms with Crippen LogP contribution in [0.4, 0.5) is 5.69 Å². The molecular weight excluding hydrogens is 454 g/mol. The number of ether oxygens (including phenoxy) is 2. The first-order valence-electron chi connectivity index (χ1n) is 10.4. The summed E-state index contributed by atoms with van der Waals surface area (Å²) in [7, 11) is -3.67. The highest BCUT2D eigenvalue weighted by atomic mass is 35.5. The molecule has 1 fully saturated rings. The summed E-state index contributed by atoms with van der Waals surface area (Å²) in [5.74, 6) is 0.239. The van der Waals surface area contributed by atoms with Gasteiger partial charge >= 0.3 is 0 Å². The molecule has 1 amide bonds. The van der Waals surface area contributed by atoms with Crippen molar-refractivity contribution in [1.82, 2.24) is 9.62 Å². The Morgan fingerprint density at radius 2 is 1.84 bits per heavy atom. The monoisotopic (exact) mass is 481 g/mol. The normalized spacial score (nSPS) is 14.9. The average molecular weight is 482 g/mol. The summed E-state index contributed by atoms with van der Waals surface area (Å²) in [6.45, 7) is 5.42. The van der Waals surface area contributed by atoms with E-state index in [4.69, 9.17) is 21.1 Å². The molecule has 1 saturated heterocycles. The number of morpholine rings is 1. The zero-order valence-corrected chi connectivity index (χ0v) is 19.7. The van der Waals surface area contributed by atoms with E-state index in [0.29, 0.717) is 49.3 Å². The molecule has 0 radical (unpaired) electrons. The summed E-state index contributed by atoms with van der Waals surface area (Å²) in [5.41, 5.74) is 1.36. The number of benzene rings is 2. The lowest BCUT2D eigenvalue weighted by Crippen LogP contribution is -2.40. The molecule has 2 N–H and O–H groups in total. The fraction of sp³-hybridized carbons (Fsp3) is 0.409. The van der Waals surface area contributed by atoms with Gasteiger partial charge in [-0.15, -0.1) is 0 Å². The van der Waals surface area contributed by atoms with Gasteiger partial charge in [0.25, 0.3) is 0 Å². The number of nitrogens with zero attached hydrogens (tertiary/aromatic N) is 1. The molecule has 1 aliphatic rings. The summed E-state index contributed by atoms with van der Waals surface area (Å²) in [4.78, 5) is 12.5. The second kappa shape index (κ2) is 11.0. The maximum absolute atomic E-state index is 13.0. The summed E-state index contributed by atoms with van der Waals surface area (Å²) < 4.78 is 38.5. The minimum absolute atomic E-state index is 0.0386. The second-order valence-electron chi connectivity index (χ2n) is 7.60. The SMILES string of the molecule is CC(C)Oc1ccc(S(=O)(=O)N2CCOCC2)cc1NCC(=O)NCc1ccc(Cl)cc1. The zero-order valence-electron chi connectivity index (χ0n) is 18.1. The van der Waals surface area contributed by atoms with Crippen LogP contribution in [0.15, 0.2) is 47.4 Å². The van der Waals surface area contributed by atoms with Gasteiger partial charge in [-0.05, 0) is 49.7 Å². The lowest BCUT2D eigenvalue weighted by molar-refractivity contribution is -0.119. The standard InChI is InChI=1S/C22H28ClN3O5S/c1-16(2)31-21-8-7-19(32(28,29)26-9-11-30-12-10-26)13-20(21)24-15-22(27)25-14-17-3-5-18(23)6-4-17/h3-8,13,16,24H,9-12,14-15H2,1-2H3,(H,25,27). The molecule has 10 heteroatoms. The van der Waals surface area contributed by atoms with Crippen LogP contribution in [0.1, 0.15) is 19.4 Å². The molecular formula is C22H28ClN3O5S. The van der Waals surface area contributed by atoms with Crippen LogP contribution >= 0.6 is 11.6 Å². The number of halogens is 1. The number of rotatable bonds is 9. The maximum Gasteiger partial charge on any atom is 0.243 e. The molecule has 1 aliphatic heterocycles. The first-order chi connectivity index (χ1) is 15.3. The molecule has 0 spiro atoms. The van der Waals surface area contributed by atoms with Crippen molar-refractivity contribution < 1.29 is 22.7 Å². The van der Waals surface area contributed by atoms with E-state index >= 15 is 0 Å². The third-order valence-corrected chi connectivity index (χ3v) is 6.91. The highest BCUT2D eigenvalue weighted by Crippen LogP contribution is 2.30. The van der Waals surface area contributed by atoms with Gasteiger partial charge < -0.3 is 20.1 Å². The topological polar surface area (TPSA) is 97.0 Å². The minimum atomic E-state index is -3.67. The van der Waals surface area contributed by atoms with E-state index in [1.165, 1.54) is 16.4 Å². The smallest absolute Gasteiger partial charge is 0.243 e. The first kappa shape index (κ1) is 24.3. The highest BCUT2D eigenvalue weighted by Gasteiger charge is 2.27. The number of hydrogen-bond donors (Lipinski definition) is 2. The third-order valence-electron chi connectivity index (χ3n) is 4.76. The van der Waals surface area contributed by atoms with Crippen molar-refractivity contribution in [1.29, 1.82) is 0 Å². The van der Waals surface area contributed by atoms with Crippen LogP contribution in [-0.2, 0) is 26.1 Å². The Balaban J connectivity index is 1.70. The van der Waals surface area contributed by atoms with Crippen molar-refractivity contribution in [3.63, 3.8) is 0 Å². The lowest BCUT2D eigenvalue weighted by atomic mass is 10.2. The molecule has 0 bridgehead atoms. The van der Waals surface area contributed by atoms with E-state index in [1.54, 1.807) is 18.2 Å². The van der Waals surface area contributed by atoms with E-state index in [-0.39, 0.29) is 23.5 Å². The van der Waals surface area contributed by atoms with E-state index in [0.717, 1.165) is 5.56 Å². The predicted octanol–water partition coefficient (Wildman–Crippen LogP) is 2.88. The molecule has 0 aromatic heterocycles. The van der Waals surface area contributed by atoms with E-state index in [1.807, 2.05) is 26.0 Å². The van der Waals surface area contributed by atoms with E-state index < -0.39 is 10.0 Å². The van der Waals surface area contributed by atoms with Gasteiger partial charge in [0.05, 0.1) is 36.4 Å². The molecule has 1 heterocycles. The number of carbonyl (C=O) groups is 1. The first-order valence-corrected chi connectivity index (χ1v) is 12.2. The van der Waals surface area contributed by atoms with Crippen molar-refractivity contribution >= 4 is 33.2 Å². The molecule has 0 atom stereocenters. The van der Waals surface area contributed by atoms with Crippen molar-refractivity contribution in [2.24, 2.45) is 0 Å². The van der Waals surface area contributed by atoms with Crippen molar-refractivity contribution in [3.8, 4) is 5.75 Å². The summed E-state index contributed by atoms with van der Waals surface area (Å²) >= 11 is 5.88. The Labute approximate surface area is 193 Å². The van der Waals surface area contributed by atoms with Gasteiger partial charge in [0.15, 0.2) is 0 Å². The molecule has 0 unspecified atom stereocenters.